The zero-order valence-electron chi connectivity index (χ0n) is 13.6. The van der Waals surface area contributed by atoms with E-state index in [-0.39, 0.29) is 17.6 Å². The minimum absolute atomic E-state index is 0.218. The van der Waals surface area contributed by atoms with Gasteiger partial charge >= 0.3 is 5.97 Å². The van der Waals surface area contributed by atoms with Gasteiger partial charge in [0.25, 0.3) is 11.8 Å². The summed E-state index contributed by atoms with van der Waals surface area (Å²) in [5, 5.41) is 3.68. The van der Waals surface area contributed by atoms with Crippen LogP contribution in [0.5, 0.6) is 0 Å². The summed E-state index contributed by atoms with van der Waals surface area (Å²) < 4.78 is 15.6. The molecule has 1 aliphatic heterocycles. The lowest BCUT2D eigenvalue weighted by molar-refractivity contribution is -0.156. The van der Waals surface area contributed by atoms with Crippen LogP contribution in [0.1, 0.15) is 54.6 Å². The molecule has 1 amide bonds. The van der Waals surface area contributed by atoms with Gasteiger partial charge in [-0.1, -0.05) is 5.16 Å². The summed E-state index contributed by atoms with van der Waals surface area (Å²) in [6.45, 7) is 3.84. The standard InChI is InChI=1S/C16H19N3O5/c1-10(14-17-11(2)18-24-14)23-16(21)12-6-3-4-8-19(12)15(20)13-7-5-9-22-13/h5,7,9-10,12H,3-4,6,8H2,1-2H3. The minimum atomic E-state index is -0.666. The third-order valence-electron chi connectivity index (χ3n) is 3.95. The third-order valence-corrected chi connectivity index (χ3v) is 3.95. The summed E-state index contributed by atoms with van der Waals surface area (Å²) in [4.78, 5) is 30.6. The van der Waals surface area contributed by atoms with E-state index in [1.807, 2.05) is 0 Å². The summed E-state index contributed by atoms with van der Waals surface area (Å²) >= 11 is 0. The van der Waals surface area contributed by atoms with E-state index >= 15 is 0 Å². The molecule has 1 fully saturated rings. The summed E-state index contributed by atoms with van der Waals surface area (Å²) in [5.41, 5.74) is 0. The SMILES string of the molecule is Cc1noc(C(C)OC(=O)C2CCCCN2C(=O)c2ccco2)n1. The second-order valence-electron chi connectivity index (χ2n) is 5.75. The molecule has 8 nitrogen and oxygen atoms in total. The molecular weight excluding hydrogens is 314 g/mol. The number of rotatable bonds is 4. The Morgan fingerprint density at radius 3 is 2.92 bits per heavy atom. The average Bonchev–Trinajstić information content (AvgIpc) is 3.25. The number of nitrogens with zero attached hydrogens (tertiary/aromatic N) is 3. The summed E-state index contributed by atoms with van der Waals surface area (Å²) in [5.74, 6) is 0.150. The normalized spacial score (nSPS) is 19.1. The number of aryl methyl sites for hydroxylation is 1. The van der Waals surface area contributed by atoms with Crippen molar-refractivity contribution in [2.75, 3.05) is 6.54 Å². The van der Waals surface area contributed by atoms with Crippen LogP contribution in [0.4, 0.5) is 0 Å². The quantitative estimate of drug-likeness (QED) is 0.791. The van der Waals surface area contributed by atoms with E-state index in [4.69, 9.17) is 13.7 Å². The summed E-state index contributed by atoms with van der Waals surface area (Å²) in [7, 11) is 0. The summed E-state index contributed by atoms with van der Waals surface area (Å²) in [6, 6.07) is 2.59. The third kappa shape index (κ3) is 3.32. The fraction of sp³-hybridized carbons (Fsp3) is 0.500. The van der Waals surface area contributed by atoms with Crippen molar-refractivity contribution in [3.8, 4) is 0 Å². The van der Waals surface area contributed by atoms with Crippen LogP contribution in [0.3, 0.4) is 0 Å². The van der Waals surface area contributed by atoms with Gasteiger partial charge in [0.05, 0.1) is 6.26 Å². The second kappa shape index (κ2) is 6.86. The molecule has 0 radical (unpaired) electrons. The van der Waals surface area contributed by atoms with Crippen LogP contribution in [0.25, 0.3) is 0 Å². The van der Waals surface area contributed by atoms with Crippen molar-refractivity contribution in [2.45, 2.75) is 45.3 Å². The summed E-state index contributed by atoms with van der Waals surface area (Å²) in [6.07, 6.45) is 3.02. The Labute approximate surface area is 138 Å². The Balaban J connectivity index is 1.70. The Kier molecular flexibility index (Phi) is 4.64. The molecule has 0 N–H and O–H groups in total. The number of likely N-dealkylation sites (tertiary alicyclic amines) is 1. The molecule has 1 saturated heterocycles. The van der Waals surface area contributed by atoms with Crippen LogP contribution < -0.4 is 0 Å². The first-order chi connectivity index (χ1) is 11.6. The van der Waals surface area contributed by atoms with Crippen molar-refractivity contribution in [2.24, 2.45) is 0 Å². The number of hydrogen-bond acceptors (Lipinski definition) is 7. The number of piperidine rings is 1. The zero-order chi connectivity index (χ0) is 17.1. The Bertz CT molecular complexity index is 709. The highest BCUT2D eigenvalue weighted by atomic mass is 16.6. The molecule has 2 unspecified atom stereocenters. The van der Waals surface area contributed by atoms with E-state index in [0.29, 0.717) is 18.8 Å². The number of amides is 1. The molecule has 0 aliphatic carbocycles. The van der Waals surface area contributed by atoms with E-state index in [1.54, 1.807) is 26.0 Å². The van der Waals surface area contributed by atoms with Crippen LogP contribution >= 0.6 is 0 Å². The number of aromatic nitrogens is 2. The van der Waals surface area contributed by atoms with Gasteiger partial charge in [-0.3, -0.25) is 4.79 Å². The first-order valence-corrected chi connectivity index (χ1v) is 7.91. The van der Waals surface area contributed by atoms with Crippen molar-refractivity contribution >= 4 is 11.9 Å². The first-order valence-electron chi connectivity index (χ1n) is 7.91. The second-order valence-corrected chi connectivity index (χ2v) is 5.75. The van der Waals surface area contributed by atoms with E-state index in [1.165, 1.54) is 11.2 Å². The van der Waals surface area contributed by atoms with Crippen LogP contribution in [0, 0.1) is 6.92 Å². The molecular formula is C16H19N3O5. The number of carbonyl (C=O) groups excluding carboxylic acids is 2. The van der Waals surface area contributed by atoms with Crippen LogP contribution in [0.2, 0.25) is 0 Å². The fourth-order valence-electron chi connectivity index (χ4n) is 2.74. The molecule has 0 bridgehead atoms. The lowest BCUT2D eigenvalue weighted by atomic mass is 10.0. The van der Waals surface area contributed by atoms with Gasteiger partial charge in [-0.2, -0.15) is 4.98 Å². The lowest BCUT2D eigenvalue weighted by Gasteiger charge is -2.33. The van der Waals surface area contributed by atoms with Crippen molar-refractivity contribution < 1.29 is 23.3 Å². The Hall–Kier alpha value is -2.64. The van der Waals surface area contributed by atoms with Crippen molar-refractivity contribution in [3.63, 3.8) is 0 Å². The predicted molar refractivity (Wildman–Crippen MR) is 80.9 cm³/mol. The Morgan fingerprint density at radius 2 is 2.25 bits per heavy atom. The maximum atomic E-state index is 12.5. The lowest BCUT2D eigenvalue weighted by Crippen LogP contribution is -2.48. The molecule has 2 aromatic heterocycles. The molecule has 128 valence electrons. The highest BCUT2D eigenvalue weighted by Gasteiger charge is 2.36. The molecule has 24 heavy (non-hydrogen) atoms. The maximum absolute atomic E-state index is 12.5. The van der Waals surface area contributed by atoms with E-state index < -0.39 is 18.1 Å². The molecule has 0 saturated carbocycles. The average molecular weight is 333 g/mol. The van der Waals surface area contributed by atoms with Crippen molar-refractivity contribution in [1.82, 2.24) is 15.0 Å². The smallest absolute Gasteiger partial charge is 0.329 e. The highest BCUT2D eigenvalue weighted by Crippen LogP contribution is 2.23. The number of esters is 1. The van der Waals surface area contributed by atoms with Crippen LogP contribution in [-0.2, 0) is 9.53 Å². The molecule has 0 spiro atoms. The molecule has 2 aromatic rings. The molecule has 2 atom stereocenters. The Morgan fingerprint density at radius 1 is 1.42 bits per heavy atom. The van der Waals surface area contributed by atoms with E-state index in [0.717, 1.165) is 12.8 Å². The fourth-order valence-corrected chi connectivity index (χ4v) is 2.74. The van der Waals surface area contributed by atoms with E-state index in [9.17, 15) is 9.59 Å². The highest BCUT2D eigenvalue weighted by molar-refractivity contribution is 5.94. The van der Waals surface area contributed by atoms with Crippen LogP contribution in [0.15, 0.2) is 27.3 Å². The van der Waals surface area contributed by atoms with E-state index in [2.05, 4.69) is 10.1 Å². The van der Waals surface area contributed by atoms with Crippen LogP contribution in [-0.4, -0.2) is 39.5 Å². The largest absolute Gasteiger partial charge is 0.459 e. The van der Waals surface area contributed by atoms with Gasteiger partial charge in [-0.25, -0.2) is 4.79 Å². The monoisotopic (exact) mass is 333 g/mol. The number of carbonyl (C=O) groups is 2. The van der Waals surface area contributed by atoms with Crippen molar-refractivity contribution in [3.05, 3.63) is 35.9 Å². The molecule has 3 heterocycles. The van der Waals surface area contributed by atoms with Gasteiger partial charge in [0, 0.05) is 6.54 Å². The maximum Gasteiger partial charge on any atom is 0.329 e. The predicted octanol–water partition coefficient (Wildman–Crippen LogP) is 2.27. The number of hydrogen-bond donors (Lipinski definition) is 0. The number of ether oxygens (including phenoxy) is 1. The van der Waals surface area contributed by atoms with Gasteiger partial charge in [0.2, 0.25) is 0 Å². The van der Waals surface area contributed by atoms with Crippen molar-refractivity contribution in [1.29, 1.82) is 0 Å². The first kappa shape index (κ1) is 16.2. The molecule has 3 rings (SSSR count). The van der Waals surface area contributed by atoms with Gasteiger partial charge in [0.15, 0.2) is 17.7 Å². The van der Waals surface area contributed by atoms with Gasteiger partial charge in [-0.05, 0) is 45.2 Å². The molecule has 8 heteroatoms. The molecule has 0 aromatic carbocycles. The minimum Gasteiger partial charge on any atom is -0.459 e. The zero-order valence-corrected chi connectivity index (χ0v) is 13.6. The van der Waals surface area contributed by atoms with Gasteiger partial charge < -0.3 is 18.6 Å². The van der Waals surface area contributed by atoms with Gasteiger partial charge in [0.1, 0.15) is 6.04 Å². The molecule has 1 aliphatic rings. The van der Waals surface area contributed by atoms with Gasteiger partial charge in [-0.15, -0.1) is 0 Å². The topological polar surface area (TPSA) is 98.7 Å². The number of furan rings is 1.